The van der Waals surface area contributed by atoms with E-state index in [2.05, 4.69) is 20.5 Å². The zero-order chi connectivity index (χ0) is 16.2. The third kappa shape index (κ3) is 3.46. The van der Waals surface area contributed by atoms with E-state index < -0.39 is 5.91 Å². The number of ether oxygens (including phenoxy) is 1. The van der Waals surface area contributed by atoms with Crippen molar-refractivity contribution in [1.29, 1.82) is 0 Å². The van der Waals surface area contributed by atoms with Gasteiger partial charge in [-0.25, -0.2) is 0 Å². The van der Waals surface area contributed by atoms with Crippen LogP contribution in [0.4, 0.5) is 5.95 Å². The number of amides is 1. The van der Waals surface area contributed by atoms with Gasteiger partial charge in [-0.15, -0.1) is 5.10 Å². The first-order valence-electron chi connectivity index (χ1n) is 6.60. The number of furan rings is 1. The van der Waals surface area contributed by atoms with Crippen molar-refractivity contribution in [3.8, 4) is 17.3 Å². The van der Waals surface area contributed by atoms with Crippen LogP contribution in [0.5, 0.6) is 5.75 Å². The predicted molar refractivity (Wildman–Crippen MR) is 77.9 cm³/mol. The van der Waals surface area contributed by atoms with Gasteiger partial charge < -0.3 is 13.6 Å². The number of rotatable bonds is 5. The van der Waals surface area contributed by atoms with Crippen LogP contribution in [0.25, 0.3) is 11.6 Å². The number of aromatic nitrogens is 3. The second-order valence-electron chi connectivity index (χ2n) is 4.54. The summed E-state index contributed by atoms with van der Waals surface area (Å²) in [5.41, 5.74) is -0.362. The number of hydrogen-bond acceptors (Lipinski definition) is 7. The van der Waals surface area contributed by atoms with Crippen molar-refractivity contribution < 1.29 is 18.4 Å². The summed E-state index contributed by atoms with van der Waals surface area (Å²) < 4.78 is 15.3. The molecule has 2 N–H and O–H groups in total. The molecule has 0 aliphatic rings. The average molecular weight is 316 g/mol. The summed E-state index contributed by atoms with van der Waals surface area (Å²) in [5, 5.41) is 8.89. The van der Waals surface area contributed by atoms with E-state index in [0.717, 1.165) is 6.26 Å². The van der Waals surface area contributed by atoms with Crippen molar-refractivity contribution in [3.05, 3.63) is 46.7 Å². The maximum atomic E-state index is 11.8. The van der Waals surface area contributed by atoms with Crippen molar-refractivity contribution in [2.45, 2.75) is 6.92 Å². The average Bonchev–Trinajstić information content (AvgIpc) is 3.17. The number of H-pyrrole nitrogens is 1. The number of carbonyl (C=O) groups is 1. The minimum absolute atomic E-state index is 0.0444. The minimum atomic E-state index is -0.519. The second-order valence-corrected chi connectivity index (χ2v) is 4.54. The molecule has 0 saturated carbocycles. The zero-order valence-electron chi connectivity index (χ0n) is 12.0. The number of anilines is 1. The van der Waals surface area contributed by atoms with Crippen LogP contribution in [0, 0.1) is 6.92 Å². The molecule has 0 atom stereocenters. The molecule has 0 saturated heterocycles. The molecule has 23 heavy (non-hydrogen) atoms. The molecule has 1 amide bonds. The Hall–Kier alpha value is -3.36. The highest BCUT2D eigenvalue weighted by molar-refractivity contribution is 5.90. The lowest BCUT2D eigenvalue weighted by molar-refractivity contribution is -0.118. The monoisotopic (exact) mass is 316 g/mol. The molecule has 3 rings (SSSR count). The van der Waals surface area contributed by atoms with Crippen LogP contribution in [0.2, 0.25) is 0 Å². The fraction of sp³-hybridized carbons (Fsp3) is 0.143. The molecule has 3 aromatic rings. The highest BCUT2D eigenvalue weighted by Crippen LogP contribution is 2.15. The summed E-state index contributed by atoms with van der Waals surface area (Å²) >= 11 is 0. The lowest BCUT2D eigenvalue weighted by Gasteiger charge is -2.04. The summed E-state index contributed by atoms with van der Waals surface area (Å²) in [6.45, 7) is 1.26. The maximum Gasteiger partial charge on any atom is 0.264 e. The zero-order valence-corrected chi connectivity index (χ0v) is 12.0. The number of nitrogens with one attached hydrogen (secondary N) is 2. The van der Waals surface area contributed by atoms with Crippen LogP contribution in [0.15, 0.2) is 44.4 Å². The van der Waals surface area contributed by atoms with Crippen LogP contribution in [-0.2, 0) is 4.79 Å². The van der Waals surface area contributed by atoms with E-state index in [4.69, 9.17) is 13.6 Å². The fourth-order valence-electron chi connectivity index (χ4n) is 1.74. The Morgan fingerprint density at radius 3 is 3.04 bits per heavy atom. The lowest BCUT2D eigenvalue weighted by atomic mass is 10.4. The number of carbonyl (C=O) groups excluding carboxylic acids is 1. The van der Waals surface area contributed by atoms with E-state index in [1.54, 1.807) is 19.1 Å². The molecule has 0 bridgehead atoms. The van der Waals surface area contributed by atoms with E-state index in [1.807, 2.05) is 0 Å². The molecule has 0 aliphatic carbocycles. The SMILES string of the molecule is Cc1cc(=O)c(OCC(=O)Nc2n[nH]c(-c3ccco3)n2)co1. The van der Waals surface area contributed by atoms with Crippen LogP contribution < -0.4 is 15.5 Å². The van der Waals surface area contributed by atoms with Gasteiger partial charge >= 0.3 is 0 Å². The van der Waals surface area contributed by atoms with Crippen LogP contribution in [0.3, 0.4) is 0 Å². The Morgan fingerprint density at radius 1 is 1.43 bits per heavy atom. The van der Waals surface area contributed by atoms with E-state index in [-0.39, 0.29) is 23.7 Å². The summed E-state index contributed by atoms with van der Waals surface area (Å²) in [4.78, 5) is 27.4. The number of hydrogen-bond donors (Lipinski definition) is 2. The second kappa shape index (κ2) is 6.18. The molecule has 0 aliphatic heterocycles. The van der Waals surface area contributed by atoms with E-state index in [1.165, 1.54) is 12.3 Å². The van der Waals surface area contributed by atoms with E-state index in [9.17, 15) is 9.59 Å². The fourth-order valence-corrected chi connectivity index (χ4v) is 1.74. The summed E-state index contributed by atoms with van der Waals surface area (Å²) in [6.07, 6.45) is 2.66. The molecule has 0 fully saturated rings. The molecular formula is C14H12N4O5. The molecule has 0 spiro atoms. The van der Waals surface area contributed by atoms with Gasteiger partial charge in [-0.05, 0) is 19.1 Å². The highest BCUT2D eigenvalue weighted by atomic mass is 16.5. The van der Waals surface area contributed by atoms with Crippen molar-refractivity contribution in [2.24, 2.45) is 0 Å². The topological polar surface area (TPSA) is 123 Å². The quantitative estimate of drug-likeness (QED) is 0.728. The largest absolute Gasteiger partial charge is 0.477 e. The Morgan fingerprint density at radius 2 is 2.30 bits per heavy atom. The first-order chi connectivity index (χ1) is 11.1. The van der Waals surface area contributed by atoms with Crippen molar-refractivity contribution >= 4 is 11.9 Å². The van der Waals surface area contributed by atoms with Crippen molar-refractivity contribution in [1.82, 2.24) is 15.2 Å². The van der Waals surface area contributed by atoms with Gasteiger partial charge in [0, 0.05) is 6.07 Å². The molecule has 9 nitrogen and oxygen atoms in total. The normalized spacial score (nSPS) is 10.5. The van der Waals surface area contributed by atoms with Crippen molar-refractivity contribution in [3.63, 3.8) is 0 Å². The molecule has 3 aromatic heterocycles. The third-order valence-corrected chi connectivity index (χ3v) is 2.78. The Balaban J connectivity index is 1.58. The third-order valence-electron chi connectivity index (χ3n) is 2.78. The Bertz CT molecular complexity index is 865. The first-order valence-corrected chi connectivity index (χ1v) is 6.60. The number of aromatic amines is 1. The van der Waals surface area contributed by atoms with Crippen molar-refractivity contribution in [2.75, 3.05) is 11.9 Å². The van der Waals surface area contributed by atoms with Gasteiger partial charge in [-0.3, -0.25) is 20.0 Å². The Kier molecular flexibility index (Phi) is 3.91. The van der Waals surface area contributed by atoms with Gasteiger partial charge in [0.1, 0.15) is 12.0 Å². The maximum absolute atomic E-state index is 11.8. The molecule has 0 radical (unpaired) electrons. The van der Waals surface area contributed by atoms with E-state index >= 15 is 0 Å². The summed E-state index contributed by atoms with van der Waals surface area (Å²) in [5.74, 6) is 0.836. The van der Waals surface area contributed by atoms with Gasteiger partial charge in [0.05, 0.1) is 6.26 Å². The molecular weight excluding hydrogens is 304 g/mol. The molecule has 118 valence electrons. The van der Waals surface area contributed by atoms with Crippen LogP contribution in [0.1, 0.15) is 5.76 Å². The van der Waals surface area contributed by atoms with Crippen LogP contribution in [-0.4, -0.2) is 27.7 Å². The Labute approximate surface area is 129 Å². The summed E-state index contributed by atoms with van der Waals surface area (Å²) in [7, 11) is 0. The predicted octanol–water partition coefficient (Wildman–Crippen LogP) is 1.34. The smallest absolute Gasteiger partial charge is 0.264 e. The van der Waals surface area contributed by atoms with E-state index in [0.29, 0.717) is 17.3 Å². The molecule has 0 unspecified atom stereocenters. The lowest BCUT2D eigenvalue weighted by Crippen LogP contribution is -2.22. The van der Waals surface area contributed by atoms with Crippen LogP contribution >= 0.6 is 0 Å². The number of nitrogens with zero attached hydrogens (tertiary/aromatic N) is 2. The minimum Gasteiger partial charge on any atom is -0.477 e. The van der Waals surface area contributed by atoms with Gasteiger partial charge in [0.25, 0.3) is 5.91 Å². The van der Waals surface area contributed by atoms with Gasteiger partial charge in [0.15, 0.2) is 18.2 Å². The van der Waals surface area contributed by atoms with Gasteiger partial charge in [-0.1, -0.05) is 0 Å². The highest BCUT2D eigenvalue weighted by Gasteiger charge is 2.12. The first kappa shape index (κ1) is 14.6. The van der Waals surface area contributed by atoms with Gasteiger partial charge in [-0.2, -0.15) is 4.98 Å². The number of aryl methyl sites for hydroxylation is 1. The molecule has 9 heteroatoms. The molecule has 0 aromatic carbocycles. The summed E-state index contributed by atoms with van der Waals surface area (Å²) in [6, 6.07) is 4.68. The standard InChI is InChI=1S/C14H12N4O5/c1-8-5-9(19)11(6-22-8)23-7-12(20)15-14-16-13(17-18-14)10-3-2-4-21-10/h2-6H,7H2,1H3,(H2,15,16,17,18,20). The molecule has 3 heterocycles. The van der Waals surface area contributed by atoms with Gasteiger partial charge in [0.2, 0.25) is 17.1 Å².